The van der Waals surface area contributed by atoms with Gasteiger partial charge < -0.3 is 5.32 Å². The van der Waals surface area contributed by atoms with Gasteiger partial charge in [-0.15, -0.1) is 10.2 Å². The van der Waals surface area contributed by atoms with Gasteiger partial charge in [0.05, 0.1) is 6.54 Å². The third kappa shape index (κ3) is 2.01. The molecule has 0 bridgehead atoms. The van der Waals surface area contributed by atoms with Crippen molar-refractivity contribution in [1.29, 1.82) is 0 Å². The number of hydrogen-bond donors (Lipinski definition) is 1. The van der Waals surface area contributed by atoms with Crippen molar-refractivity contribution in [3.8, 4) is 0 Å². The first kappa shape index (κ1) is 13.2. The summed E-state index contributed by atoms with van der Waals surface area (Å²) in [5, 5.41) is 15.8. The Morgan fingerprint density at radius 3 is 2.80 bits per heavy atom. The SMILES string of the molecule is Cc1nnc(CN2C(=O)NC(C)(c3ccsc3)C2=O)s1. The summed E-state index contributed by atoms with van der Waals surface area (Å²) in [5.41, 5.74) is -0.187. The molecule has 1 atom stereocenters. The third-order valence-electron chi connectivity index (χ3n) is 3.23. The minimum atomic E-state index is -0.989. The number of nitrogens with zero attached hydrogens (tertiary/aromatic N) is 3. The summed E-state index contributed by atoms with van der Waals surface area (Å²) in [6, 6.07) is 1.46. The van der Waals surface area contributed by atoms with Gasteiger partial charge in [-0.25, -0.2) is 4.79 Å². The van der Waals surface area contributed by atoms with Crippen LogP contribution in [0.5, 0.6) is 0 Å². The van der Waals surface area contributed by atoms with E-state index in [1.54, 1.807) is 6.92 Å². The van der Waals surface area contributed by atoms with Gasteiger partial charge in [-0.2, -0.15) is 11.3 Å². The highest BCUT2D eigenvalue weighted by Crippen LogP contribution is 2.31. The summed E-state index contributed by atoms with van der Waals surface area (Å²) in [5.74, 6) is -0.256. The van der Waals surface area contributed by atoms with Gasteiger partial charge in [0.25, 0.3) is 5.91 Å². The van der Waals surface area contributed by atoms with Crippen molar-refractivity contribution in [3.63, 3.8) is 0 Å². The summed E-state index contributed by atoms with van der Waals surface area (Å²) in [4.78, 5) is 25.8. The molecule has 3 amide bonds. The Bertz CT molecular complexity index is 667. The van der Waals surface area contributed by atoms with Crippen molar-refractivity contribution >= 4 is 34.6 Å². The van der Waals surface area contributed by atoms with Crippen LogP contribution >= 0.6 is 22.7 Å². The lowest BCUT2D eigenvalue weighted by Crippen LogP contribution is -2.40. The summed E-state index contributed by atoms with van der Waals surface area (Å²) in [6.07, 6.45) is 0. The molecule has 0 saturated carbocycles. The number of rotatable bonds is 3. The van der Waals surface area contributed by atoms with Crippen molar-refractivity contribution in [2.24, 2.45) is 0 Å². The molecule has 104 valence electrons. The largest absolute Gasteiger partial charge is 0.325 e. The molecule has 1 fully saturated rings. The molecule has 3 heterocycles. The molecule has 1 aliphatic rings. The molecule has 1 N–H and O–H groups in total. The molecular weight excluding hydrogens is 296 g/mol. The minimum Gasteiger partial charge on any atom is -0.319 e. The van der Waals surface area contributed by atoms with Crippen LogP contribution in [0.25, 0.3) is 0 Å². The fourth-order valence-electron chi connectivity index (χ4n) is 2.12. The number of imide groups is 1. The number of hydrogen-bond acceptors (Lipinski definition) is 6. The van der Waals surface area contributed by atoms with Crippen molar-refractivity contribution in [2.75, 3.05) is 0 Å². The quantitative estimate of drug-likeness (QED) is 0.878. The smallest absolute Gasteiger partial charge is 0.319 e. The highest BCUT2D eigenvalue weighted by atomic mass is 32.1. The zero-order valence-electron chi connectivity index (χ0n) is 10.9. The van der Waals surface area contributed by atoms with Gasteiger partial charge in [0.1, 0.15) is 15.6 Å². The minimum absolute atomic E-state index is 0.163. The van der Waals surface area contributed by atoms with E-state index in [4.69, 9.17) is 0 Å². The Kier molecular flexibility index (Phi) is 3.06. The number of urea groups is 1. The Labute approximate surface area is 123 Å². The van der Waals surface area contributed by atoms with Crippen molar-refractivity contribution in [3.05, 3.63) is 32.4 Å². The van der Waals surface area contributed by atoms with Crippen LogP contribution in [0.15, 0.2) is 16.8 Å². The molecule has 0 spiro atoms. The predicted molar refractivity (Wildman–Crippen MR) is 75.4 cm³/mol. The molecule has 0 aliphatic carbocycles. The van der Waals surface area contributed by atoms with Crippen LogP contribution in [-0.2, 0) is 16.9 Å². The lowest BCUT2D eigenvalue weighted by molar-refractivity contribution is -0.131. The highest BCUT2D eigenvalue weighted by Gasteiger charge is 2.49. The van der Waals surface area contributed by atoms with Crippen molar-refractivity contribution in [2.45, 2.75) is 25.9 Å². The Hall–Kier alpha value is -1.80. The number of nitrogens with one attached hydrogen (secondary N) is 1. The predicted octanol–water partition coefficient (Wildman–Crippen LogP) is 1.88. The molecule has 1 saturated heterocycles. The van der Waals surface area contributed by atoms with Crippen molar-refractivity contribution in [1.82, 2.24) is 20.4 Å². The summed E-state index contributed by atoms with van der Waals surface area (Å²) in [6.45, 7) is 3.72. The van der Waals surface area contributed by atoms with Crippen LogP contribution in [0.2, 0.25) is 0 Å². The second kappa shape index (κ2) is 4.64. The van der Waals surface area contributed by atoms with Gasteiger partial charge in [-0.3, -0.25) is 9.69 Å². The van der Waals surface area contributed by atoms with Gasteiger partial charge in [0.2, 0.25) is 0 Å². The van der Waals surface area contributed by atoms with Gasteiger partial charge in [-0.05, 0) is 36.2 Å². The zero-order valence-corrected chi connectivity index (χ0v) is 12.5. The lowest BCUT2D eigenvalue weighted by atomic mass is 9.95. The Morgan fingerprint density at radius 2 is 2.20 bits per heavy atom. The van der Waals surface area contributed by atoms with Crippen LogP contribution < -0.4 is 5.32 Å². The number of thiophene rings is 1. The first-order chi connectivity index (χ1) is 9.50. The fourth-order valence-corrected chi connectivity index (χ4v) is 3.58. The average Bonchev–Trinajstić information content (AvgIpc) is 3.09. The number of carbonyl (C=O) groups excluding carboxylic acids is 2. The van der Waals surface area contributed by atoms with Crippen LogP contribution in [0.3, 0.4) is 0 Å². The lowest BCUT2D eigenvalue weighted by Gasteiger charge is -2.20. The van der Waals surface area contributed by atoms with Crippen LogP contribution in [0, 0.1) is 6.92 Å². The zero-order chi connectivity index (χ0) is 14.3. The average molecular weight is 308 g/mol. The van der Waals surface area contributed by atoms with Gasteiger partial charge in [0.15, 0.2) is 0 Å². The Morgan fingerprint density at radius 1 is 1.40 bits per heavy atom. The van der Waals surface area contributed by atoms with Gasteiger partial charge >= 0.3 is 6.03 Å². The standard InChI is InChI=1S/C12H12N4O2S2/c1-7-14-15-9(20-7)5-16-10(17)12(2,13-11(16)18)8-3-4-19-6-8/h3-4,6H,5H2,1-2H3,(H,13,18). The molecule has 6 nitrogen and oxygen atoms in total. The molecule has 8 heteroatoms. The maximum absolute atomic E-state index is 12.6. The monoisotopic (exact) mass is 308 g/mol. The van der Waals surface area contributed by atoms with E-state index in [0.29, 0.717) is 5.01 Å². The van der Waals surface area contributed by atoms with E-state index in [1.165, 1.54) is 27.6 Å². The second-order valence-electron chi connectivity index (χ2n) is 4.67. The number of aryl methyl sites for hydroxylation is 1. The van der Waals surface area contributed by atoms with Crippen LogP contribution in [0.1, 0.15) is 22.5 Å². The van der Waals surface area contributed by atoms with Crippen LogP contribution in [-0.4, -0.2) is 27.0 Å². The van der Waals surface area contributed by atoms with Crippen LogP contribution in [0.4, 0.5) is 4.79 Å². The van der Waals surface area contributed by atoms with Gasteiger partial charge in [0, 0.05) is 0 Å². The van der Waals surface area contributed by atoms with E-state index in [9.17, 15) is 9.59 Å². The Balaban J connectivity index is 1.87. The molecule has 20 heavy (non-hydrogen) atoms. The van der Waals surface area contributed by atoms with E-state index in [-0.39, 0.29) is 12.5 Å². The topological polar surface area (TPSA) is 75.2 Å². The summed E-state index contributed by atoms with van der Waals surface area (Å²) in [7, 11) is 0. The number of carbonyl (C=O) groups is 2. The highest BCUT2D eigenvalue weighted by molar-refractivity contribution is 7.11. The molecule has 1 aliphatic heterocycles. The second-order valence-corrected chi connectivity index (χ2v) is 6.72. The van der Waals surface area contributed by atoms with E-state index in [2.05, 4.69) is 15.5 Å². The molecule has 1 unspecified atom stereocenters. The molecular formula is C12H12N4O2S2. The summed E-state index contributed by atoms with van der Waals surface area (Å²) >= 11 is 2.88. The van der Waals surface area contributed by atoms with Crippen molar-refractivity contribution < 1.29 is 9.59 Å². The molecule has 0 radical (unpaired) electrons. The van der Waals surface area contributed by atoms with E-state index < -0.39 is 11.6 Å². The normalized spacial score (nSPS) is 22.4. The molecule has 2 aromatic rings. The molecule has 0 aromatic carbocycles. The number of aromatic nitrogens is 2. The van der Waals surface area contributed by atoms with E-state index in [0.717, 1.165) is 10.6 Å². The third-order valence-corrected chi connectivity index (χ3v) is 4.74. The maximum Gasteiger partial charge on any atom is 0.325 e. The van der Waals surface area contributed by atoms with Gasteiger partial charge in [-0.1, -0.05) is 11.3 Å². The number of amides is 3. The van der Waals surface area contributed by atoms with E-state index >= 15 is 0 Å². The molecule has 3 rings (SSSR count). The van der Waals surface area contributed by atoms with E-state index in [1.807, 2.05) is 23.8 Å². The fraction of sp³-hybridized carbons (Fsp3) is 0.333. The first-order valence-corrected chi connectivity index (χ1v) is 7.72. The summed E-state index contributed by atoms with van der Waals surface area (Å²) < 4.78 is 0. The molecule has 2 aromatic heterocycles. The maximum atomic E-state index is 12.6. The first-order valence-electron chi connectivity index (χ1n) is 5.96.